The Hall–Kier alpha value is -3.14. The minimum absolute atomic E-state index is 0.185. The molecule has 0 saturated heterocycles. The van der Waals surface area contributed by atoms with Crippen molar-refractivity contribution < 1.29 is 20.1 Å². The first-order chi connectivity index (χ1) is 12.6. The zero-order chi connectivity index (χ0) is 18.5. The predicted molar refractivity (Wildman–Crippen MR) is 101 cm³/mol. The highest BCUT2D eigenvalue weighted by molar-refractivity contribution is 5.50. The Morgan fingerprint density at radius 2 is 1.50 bits per heavy atom. The minimum atomic E-state index is 0.185. The lowest BCUT2D eigenvalue weighted by atomic mass is 9.98. The molecule has 0 radical (unpaired) electrons. The van der Waals surface area contributed by atoms with Crippen LogP contribution in [0.15, 0.2) is 60.7 Å². The minimum Gasteiger partial charge on any atom is -0.508 e. The zero-order valence-corrected chi connectivity index (χ0v) is 14.6. The highest BCUT2D eigenvalue weighted by Crippen LogP contribution is 2.33. The van der Waals surface area contributed by atoms with Crippen molar-refractivity contribution in [3.05, 3.63) is 82.9 Å². The Kier molecular flexibility index (Phi) is 5.32. The Labute approximate surface area is 153 Å². The van der Waals surface area contributed by atoms with Gasteiger partial charge in [-0.05, 0) is 59.9 Å². The summed E-state index contributed by atoms with van der Waals surface area (Å²) in [5.74, 6) is 1.31. The number of aryl methyl sites for hydroxylation is 2. The molecule has 3 N–H and O–H groups in total. The van der Waals surface area contributed by atoms with Gasteiger partial charge in [-0.25, -0.2) is 0 Å². The number of hydrogen-bond acceptors (Lipinski definition) is 4. The number of hydrogen-bond donors (Lipinski definition) is 3. The highest BCUT2D eigenvalue weighted by atomic mass is 16.5. The van der Waals surface area contributed by atoms with Crippen molar-refractivity contribution in [2.24, 2.45) is 0 Å². The van der Waals surface area contributed by atoms with Crippen LogP contribution in [0.4, 0.5) is 0 Å². The van der Waals surface area contributed by atoms with E-state index in [1.165, 1.54) is 0 Å². The third kappa shape index (κ3) is 4.09. The van der Waals surface area contributed by atoms with Crippen LogP contribution in [0.2, 0.25) is 0 Å². The summed E-state index contributed by atoms with van der Waals surface area (Å²) in [6.07, 6.45) is 1.86. The molecular weight excluding hydrogens is 328 g/mol. The second-order valence-corrected chi connectivity index (χ2v) is 6.27. The van der Waals surface area contributed by atoms with Gasteiger partial charge in [-0.2, -0.15) is 0 Å². The van der Waals surface area contributed by atoms with Crippen LogP contribution in [0.25, 0.3) is 0 Å². The van der Waals surface area contributed by atoms with Gasteiger partial charge in [0.2, 0.25) is 0 Å². The third-order valence-electron chi connectivity index (χ3n) is 4.46. The summed E-state index contributed by atoms with van der Waals surface area (Å²) in [5, 5.41) is 29.8. The number of ether oxygens (including phenoxy) is 1. The van der Waals surface area contributed by atoms with E-state index in [-0.39, 0.29) is 17.2 Å². The van der Waals surface area contributed by atoms with Crippen molar-refractivity contribution in [3.8, 4) is 23.0 Å². The molecule has 0 aliphatic carbocycles. The SMILES string of the molecule is COc1cc(CCc2ccccc2O)cc(O)c1Cc1ccc(O)cc1. The fourth-order valence-corrected chi connectivity index (χ4v) is 3.01. The fourth-order valence-electron chi connectivity index (χ4n) is 3.01. The summed E-state index contributed by atoms with van der Waals surface area (Å²) in [4.78, 5) is 0. The normalized spacial score (nSPS) is 10.7. The van der Waals surface area contributed by atoms with Crippen molar-refractivity contribution in [3.63, 3.8) is 0 Å². The maximum atomic E-state index is 10.5. The Morgan fingerprint density at radius 3 is 2.19 bits per heavy atom. The molecule has 0 saturated carbocycles. The van der Waals surface area contributed by atoms with Gasteiger partial charge in [0, 0.05) is 12.0 Å². The average Bonchev–Trinajstić information content (AvgIpc) is 2.64. The number of rotatable bonds is 6. The Morgan fingerprint density at radius 1 is 0.769 bits per heavy atom. The summed E-state index contributed by atoms with van der Waals surface area (Å²) < 4.78 is 5.48. The van der Waals surface area contributed by atoms with E-state index < -0.39 is 0 Å². The van der Waals surface area contributed by atoms with Crippen LogP contribution in [-0.2, 0) is 19.3 Å². The molecule has 134 valence electrons. The maximum Gasteiger partial charge on any atom is 0.126 e. The van der Waals surface area contributed by atoms with E-state index in [2.05, 4.69) is 0 Å². The van der Waals surface area contributed by atoms with Crippen LogP contribution in [0.1, 0.15) is 22.3 Å². The molecule has 0 atom stereocenters. The lowest BCUT2D eigenvalue weighted by Crippen LogP contribution is -1.98. The Balaban J connectivity index is 1.80. The van der Waals surface area contributed by atoms with E-state index >= 15 is 0 Å². The first-order valence-electron chi connectivity index (χ1n) is 8.50. The van der Waals surface area contributed by atoms with E-state index in [1.54, 1.807) is 37.4 Å². The molecule has 3 rings (SSSR count). The van der Waals surface area contributed by atoms with Crippen LogP contribution in [0, 0.1) is 0 Å². The standard InChI is InChI=1S/C22H22O4/c1-26-22-14-16(6-9-17-4-2-3-5-20(17)24)13-21(25)19(22)12-15-7-10-18(23)11-8-15/h2-5,7-8,10-11,13-14,23-25H,6,9,12H2,1H3. The summed E-state index contributed by atoms with van der Waals surface area (Å²) in [5.41, 5.74) is 3.50. The van der Waals surface area contributed by atoms with Gasteiger partial charge in [-0.1, -0.05) is 30.3 Å². The molecule has 4 nitrogen and oxygen atoms in total. The lowest BCUT2D eigenvalue weighted by Gasteiger charge is -2.14. The quantitative estimate of drug-likeness (QED) is 0.623. The molecule has 0 heterocycles. The monoisotopic (exact) mass is 350 g/mol. The van der Waals surface area contributed by atoms with Gasteiger partial charge < -0.3 is 20.1 Å². The van der Waals surface area contributed by atoms with Gasteiger partial charge in [0.25, 0.3) is 0 Å². The van der Waals surface area contributed by atoms with E-state index in [0.717, 1.165) is 16.7 Å². The van der Waals surface area contributed by atoms with Crippen molar-refractivity contribution in [2.45, 2.75) is 19.3 Å². The molecule has 0 fully saturated rings. The Bertz CT molecular complexity index is 885. The second kappa shape index (κ2) is 7.83. The van der Waals surface area contributed by atoms with Crippen molar-refractivity contribution >= 4 is 0 Å². The first-order valence-corrected chi connectivity index (χ1v) is 8.50. The summed E-state index contributed by atoms with van der Waals surface area (Å²) in [6, 6.07) is 17.8. The highest BCUT2D eigenvalue weighted by Gasteiger charge is 2.13. The van der Waals surface area contributed by atoms with Gasteiger partial charge in [-0.15, -0.1) is 0 Å². The molecule has 0 spiro atoms. The van der Waals surface area contributed by atoms with Crippen molar-refractivity contribution in [1.29, 1.82) is 0 Å². The molecule has 0 bridgehead atoms. The second-order valence-electron chi connectivity index (χ2n) is 6.27. The fraction of sp³-hybridized carbons (Fsp3) is 0.182. The van der Waals surface area contributed by atoms with Gasteiger partial charge in [0.15, 0.2) is 0 Å². The number of para-hydroxylation sites is 1. The van der Waals surface area contributed by atoms with Crippen molar-refractivity contribution in [2.75, 3.05) is 7.11 Å². The van der Waals surface area contributed by atoms with E-state index in [4.69, 9.17) is 4.74 Å². The molecule has 0 aromatic heterocycles. The topological polar surface area (TPSA) is 69.9 Å². The number of phenols is 3. The van der Waals surface area contributed by atoms with Crippen molar-refractivity contribution in [1.82, 2.24) is 0 Å². The van der Waals surface area contributed by atoms with Crippen LogP contribution in [0.3, 0.4) is 0 Å². The third-order valence-corrected chi connectivity index (χ3v) is 4.46. The molecule has 0 aliphatic rings. The van der Waals surface area contributed by atoms with Crippen LogP contribution in [0.5, 0.6) is 23.0 Å². The van der Waals surface area contributed by atoms with Gasteiger partial charge in [0.05, 0.1) is 7.11 Å². The molecule has 3 aromatic rings. The number of aromatic hydroxyl groups is 3. The lowest BCUT2D eigenvalue weighted by molar-refractivity contribution is 0.400. The largest absolute Gasteiger partial charge is 0.508 e. The van der Waals surface area contributed by atoms with E-state index in [1.807, 2.05) is 30.3 Å². The van der Waals surface area contributed by atoms with Crippen LogP contribution < -0.4 is 4.74 Å². The molecule has 0 aliphatic heterocycles. The summed E-state index contributed by atoms with van der Waals surface area (Å²) in [7, 11) is 1.59. The predicted octanol–water partition coefficient (Wildman–Crippen LogP) is 4.19. The molecule has 4 heteroatoms. The molecule has 0 amide bonds. The molecular formula is C22H22O4. The number of benzene rings is 3. The molecule has 3 aromatic carbocycles. The first kappa shape index (κ1) is 17.7. The summed E-state index contributed by atoms with van der Waals surface area (Å²) in [6.45, 7) is 0. The van der Waals surface area contributed by atoms with Gasteiger partial charge >= 0.3 is 0 Å². The maximum absolute atomic E-state index is 10.5. The van der Waals surface area contributed by atoms with Crippen LogP contribution >= 0.6 is 0 Å². The number of phenolic OH excluding ortho intramolecular Hbond substituents is 3. The molecule has 26 heavy (non-hydrogen) atoms. The van der Waals surface area contributed by atoms with Gasteiger partial charge in [0.1, 0.15) is 23.0 Å². The van der Waals surface area contributed by atoms with E-state index in [9.17, 15) is 15.3 Å². The van der Waals surface area contributed by atoms with Gasteiger partial charge in [-0.3, -0.25) is 0 Å². The zero-order valence-electron chi connectivity index (χ0n) is 14.6. The molecule has 0 unspecified atom stereocenters. The summed E-state index contributed by atoms with van der Waals surface area (Å²) >= 11 is 0. The smallest absolute Gasteiger partial charge is 0.126 e. The van der Waals surface area contributed by atoms with E-state index in [0.29, 0.717) is 30.6 Å². The average molecular weight is 350 g/mol. The number of methoxy groups -OCH3 is 1. The van der Waals surface area contributed by atoms with Crippen LogP contribution in [-0.4, -0.2) is 22.4 Å².